The van der Waals surface area contributed by atoms with E-state index in [9.17, 15) is 10.1 Å². The molecule has 0 atom stereocenters. The summed E-state index contributed by atoms with van der Waals surface area (Å²) in [6.07, 6.45) is 1.13. The lowest BCUT2D eigenvalue weighted by Crippen LogP contribution is -2.04. The van der Waals surface area contributed by atoms with Gasteiger partial charge in [0, 0.05) is 10.9 Å². The Morgan fingerprint density at radius 3 is 2.95 bits per heavy atom. The molecule has 0 unspecified atom stereocenters. The number of thiazole rings is 1. The van der Waals surface area contributed by atoms with E-state index in [1.165, 1.54) is 17.4 Å². The number of pyridine rings is 1. The third-order valence-electron chi connectivity index (χ3n) is 2.47. The molecule has 8 heteroatoms. The highest BCUT2D eigenvalue weighted by Crippen LogP contribution is 2.20. The Morgan fingerprint density at radius 1 is 1.58 bits per heavy atom. The fourth-order valence-corrected chi connectivity index (χ4v) is 2.16. The number of aryl methyl sites for hydroxylation is 1. The van der Waals surface area contributed by atoms with Gasteiger partial charge in [0.25, 0.3) is 5.69 Å². The van der Waals surface area contributed by atoms with Gasteiger partial charge >= 0.3 is 0 Å². The summed E-state index contributed by atoms with van der Waals surface area (Å²) in [5, 5.41) is 22.6. The summed E-state index contributed by atoms with van der Waals surface area (Å²) in [4.78, 5) is 19.1. The van der Waals surface area contributed by atoms with Crippen LogP contribution < -0.4 is 5.32 Å². The molecule has 0 saturated carbocycles. The van der Waals surface area contributed by atoms with Gasteiger partial charge in [-0.15, -0.1) is 11.3 Å². The number of nitrogens with zero attached hydrogens (tertiary/aromatic N) is 4. The van der Waals surface area contributed by atoms with Gasteiger partial charge in [-0.2, -0.15) is 5.26 Å². The first-order valence-corrected chi connectivity index (χ1v) is 6.17. The molecule has 96 valence electrons. The standard InChI is InChI=1S/C11H9N5O2S/c1-7-10(19-6-15-7)5-14-11-8(3-12)2-9(4-13-11)16(17)18/h2,4,6H,5H2,1H3,(H,13,14). The highest BCUT2D eigenvalue weighted by molar-refractivity contribution is 7.09. The van der Waals surface area contributed by atoms with Crippen molar-refractivity contribution in [3.05, 3.63) is 44.0 Å². The second kappa shape index (κ2) is 5.41. The number of hydrogen-bond donors (Lipinski definition) is 1. The van der Waals surface area contributed by atoms with Gasteiger partial charge < -0.3 is 5.32 Å². The Morgan fingerprint density at radius 2 is 2.37 bits per heavy atom. The highest BCUT2D eigenvalue weighted by Gasteiger charge is 2.12. The van der Waals surface area contributed by atoms with E-state index in [0.29, 0.717) is 12.4 Å². The van der Waals surface area contributed by atoms with Crippen molar-refractivity contribution in [2.24, 2.45) is 0 Å². The Hall–Kier alpha value is -2.53. The van der Waals surface area contributed by atoms with Crippen LogP contribution in [0.25, 0.3) is 0 Å². The van der Waals surface area contributed by atoms with E-state index in [-0.39, 0.29) is 11.3 Å². The highest BCUT2D eigenvalue weighted by atomic mass is 32.1. The SMILES string of the molecule is Cc1ncsc1CNc1ncc([N+](=O)[O-])cc1C#N. The summed E-state index contributed by atoms with van der Waals surface area (Å²) in [5.41, 5.74) is 2.60. The largest absolute Gasteiger partial charge is 0.364 e. The predicted molar refractivity (Wildman–Crippen MR) is 69.8 cm³/mol. The molecule has 2 rings (SSSR count). The Kier molecular flexibility index (Phi) is 3.68. The lowest BCUT2D eigenvalue weighted by atomic mass is 10.2. The van der Waals surface area contributed by atoms with E-state index in [0.717, 1.165) is 16.8 Å². The summed E-state index contributed by atoms with van der Waals surface area (Å²) in [6, 6.07) is 3.10. The molecule has 1 N–H and O–H groups in total. The maximum Gasteiger partial charge on any atom is 0.289 e. The zero-order valence-electron chi connectivity index (χ0n) is 9.95. The monoisotopic (exact) mass is 275 g/mol. The second-order valence-corrected chi connectivity index (χ2v) is 4.61. The minimum Gasteiger partial charge on any atom is -0.364 e. The summed E-state index contributed by atoms with van der Waals surface area (Å²) in [7, 11) is 0. The normalized spacial score (nSPS) is 9.89. The van der Waals surface area contributed by atoms with Crippen molar-refractivity contribution in [2.45, 2.75) is 13.5 Å². The van der Waals surface area contributed by atoms with Crippen LogP contribution >= 0.6 is 11.3 Å². The van der Waals surface area contributed by atoms with Gasteiger partial charge in [0.15, 0.2) is 0 Å². The lowest BCUT2D eigenvalue weighted by Gasteiger charge is -2.05. The summed E-state index contributed by atoms with van der Waals surface area (Å²) >= 11 is 1.50. The predicted octanol–water partition coefficient (Wildman–Crippen LogP) is 2.24. The molecule has 2 aromatic heterocycles. The maximum atomic E-state index is 10.6. The van der Waals surface area contributed by atoms with Crippen LogP contribution in [0.2, 0.25) is 0 Å². The Balaban J connectivity index is 2.19. The lowest BCUT2D eigenvalue weighted by molar-refractivity contribution is -0.385. The number of nitro groups is 1. The van der Waals surface area contributed by atoms with Crippen molar-refractivity contribution < 1.29 is 4.92 Å². The fraction of sp³-hybridized carbons (Fsp3) is 0.182. The zero-order valence-corrected chi connectivity index (χ0v) is 10.8. The molecule has 0 aliphatic carbocycles. The van der Waals surface area contributed by atoms with E-state index in [1.54, 1.807) is 5.51 Å². The number of hydrogen-bond acceptors (Lipinski definition) is 7. The van der Waals surface area contributed by atoms with E-state index < -0.39 is 4.92 Å². The molecule has 0 radical (unpaired) electrons. The Labute approximate surface area is 112 Å². The van der Waals surface area contributed by atoms with Crippen molar-refractivity contribution in [1.29, 1.82) is 5.26 Å². The molecule has 0 spiro atoms. The van der Waals surface area contributed by atoms with Gasteiger partial charge in [-0.05, 0) is 6.92 Å². The number of rotatable bonds is 4. The topological polar surface area (TPSA) is 105 Å². The van der Waals surface area contributed by atoms with E-state index in [1.807, 2.05) is 13.0 Å². The average Bonchev–Trinajstić information content (AvgIpc) is 2.81. The van der Waals surface area contributed by atoms with Gasteiger partial charge in [-0.3, -0.25) is 10.1 Å². The van der Waals surface area contributed by atoms with Crippen molar-refractivity contribution in [3.8, 4) is 6.07 Å². The molecule has 0 aliphatic heterocycles. The van der Waals surface area contributed by atoms with Crippen LogP contribution in [0.3, 0.4) is 0 Å². The minimum atomic E-state index is -0.578. The van der Waals surface area contributed by atoms with Crippen LogP contribution in [0.4, 0.5) is 11.5 Å². The summed E-state index contributed by atoms with van der Waals surface area (Å²) in [6.45, 7) is 2.37. The van der Waals surface area contributed by atoms with Gasteiger partial charge in [-0.1, -0.05) is 0 Å². The molecule has 19 heavy (non-hydrogen) atoms. The molecule has 0 fully saturated rings. The smallest absolute Gasteiger partial charge is 0.289 e. The van der Waals surface area contributed by atoms with E-state index in [4.69, 9.17) is 5.26 Å². The molecule has 0 aromatic carbocycles. The molecular weight excluding hydrogens is 266 g/mol. The quantitative estimate of drug-likeness (QED) is 0.677. The van der Waals surface area contributed by atoms with Crippen LogP contribution in [0.5, 0.6) is 0 Å². The van der Waals surface area contributed by atoms with Crippen LogP contribution in [0, 0.1) is 28.4 Å². The van der Waals surface area contributed by atoms with Crippen molar-refractivity contribution in [2.75, 3.05) is 5.32 Å². The summed E-state index contributed by atoms with van der Waals surface area (Å²) < 4.78 is 0. The van der Waals surface area contributed by atoms with E-state index in [2.05, 4.69) is 15.3 Å². The number of nitrogens with one attached hydrogen (secondary N) is 1. The first-order chi connectivity index (χ1) is 9.11. The van der Waals surface area contributed by atoms with Gasteiger partial charge in [0.1, 0.15) is 23.6 Å². The van der Waals surface area contributed by atoms with Crippen LogP contribution in [0.1, 0.15) is 16.1 Å². The molecule has 0 bridgehead atoms. The molecule has 0 amide bonds. The Bertz CT molecular complexity index is 661. The van der Waals surface area contributed by atoms with Gasteiger partial charge in [0.05, 0.1) is 22.7 Å². The number of aromatic nitrogens is 2. The van der Waals surface area contributed by atoms with Crippen molar-refractivity contribution >= 4 is 22.8 Å². The van der Waals surface area contributed by atoms with Crippen LogP contribution in [-0.4, -0.2) is 14.9 Å². The second-order valence-electron chi connectivity index (χ2n) is 3.67. The first kappa shape index (κ1) is 12.9. The van der Waals surface area contributed by atoms with E-state index >= 15 is 0 Å². The third-order valence-corrected chi connectivity index (χ3v) is 3.40. The van der Waals surface area contributed by atoms with Gasteiger partial charge in [0.2, 0.25) is 0 Å². The number of anilines is 1. The average molecular weight is 275 g/mol. The maximum absolute atomic E-state index is 10.6. The number of nitriles is 1. The first-order valence-electron chi connectivity index (χ1n) is 5.29. The van der Waals surface area contributed by atoms with Crippen molar-refractivity contribution in [1.82, 2.24) is 9.97 Å². The molecular formula is C11H9N5O2S. The molecule has 2 aromatic rings. The molecule has 7 nitrogen and oxygen atoms in total. The van der Waals surface area contributed by atoms with Gasteiger partial charge in [-0.25, -0.2) is 9.97 Å². The molecule has 0 saturated heterocycles. The zero-order chi connectivity index (χ0) is 13.8. The van der Waals surface area contributed by atoms with Crippen LogP contribution in [-0.2, 0) is 6.54 Å². The van der Waals surface area contributed by atoms with Crippen molar-refractivity contribution in [3.63, 3.8) is 0 Å². The third kappa shape index (κ3) is 2.83. The molecule has 2 heterocycles. The van der Waals surface area contributed by atoms with Crippen LogP contribution in [0.15, 0.2) is 17.8 Å². The minimum absolute atomic E-state index is 0.149. The molecule has 0 aliphatic rings. The summed E-state index contributed by atoms with van der Waals surface area (Å²) in [5.74, 6) is 0.334. The fourth-order valence-electron chi connectivity index (χ4n) is 1.44.